The molecule has 0 bridgehead atoms. The fraction of sp³-hybridized carbons (Fsp3) is 0.611. The zero-order valence-corrected chi connectivity index (χ0v) is 14.0. The van der Waals surface area contributed by atoms with Gasteiger partial charge in [0, 0.05) is 19.2 Å². The van der Waals surface area contributed by atoms with E-state index in [-0.39, 0.29) is 18.6 Å². The van der Waals surface area contributed by atoms with Crippen molar-refractivity contribution in [3.8, 4) is 0 Å². The first-order valence-corrected chi connectivity index (χ1v) is 8.46. The molecule has 3 atom stereocenters. The fourth-order valence-corrected chi connectivity index (χ4v) is 2.91. The monoisotopic (exact) mass is 320 g/mol. The van der Waals surface area contributed by atoms with Crippen LogP contribution < -0.4 is 10.6 Å². The molecular formula is C18H28N2O3. The van der Waals surface area contributed by atoms with Crippen molar-refractivity contribution >= 4 is 6.03 Å². The molecular weight excluding hydrogens is 292 g/mol. The van der Waals surface area contributed by atoms with Gasteiger partial charge >= 0.3 is 6.03 Å². The second-order valence-electron chi connectivity index (χ2n) is 6.34. The average Bonchev–Trinajstić information content (AvgIpc) is 3.04. The van der Waals surface area contributed by atoms with E-state index in [0.717, 1.165) is 43.4 Å². The second kappa shape index (κ2) is 8.89. The van der Waals surface area contributed by atoms with Crippen molar-refractivity contribution in [2.75, 3.05) is 13.2 Å². The molecule has 0 spiro atoms. The predicted molar refractivity (Wildman–Crippen MR) is 90.3 cm³/mol. The highest BCUT2D eigenvalue weighted by molar-refractivity contribution is 5.74. The first kappa shape index (κ1) is 17.8. The Kier molecular flexibility index (Phi) is 6.86. The standard InChI is InChI=1S/C18H28N2O3/c1-13-6-3-4-8-16(13)17(21)12-19-18(22)20-14(2)9-10-15-7-5-11-23-15/h3-4,6,8,14-15,17,21H,5,7,9-12H2,1-2H3,(H2,19,20,22)/t14-,15-,17+/m0/s1. The third kappa shape index (κ3) is 5.84. The lowest BCUT2D eigenvalue weighted by Crippen LogP contribution is -2.42. The van der Waals surface area contributed by atoms with Crippen molar-refractivity contribution < 1.29 is 14.6 Å². The van der Waals surface area contributed by atoms with Crippen LogP contribution in [-0.2, 0) is 4.74 Å². The minimum Gasteiger partial charge on any atom is -0.387 e. The fourth-order valence-electron chi connectivity index (χ4n) is 2.91. The smallest absolute Gasteiger partial charge is 0.315 e. The van der Waals surface area contributed by atoms with Gasteiger partial charge in [-0.3, -0.25) is 0 Å². The molecule has 5 heteroatoms. The second-order valence-corrected chi connectivity index (χ2v) is 6.34. The van der Waals surface area contributed by atoms with Gasteiger partial charge in [-0.25, -0.2) is 4.79 Å². The Hall–Kier alpha value is -1.59. The van der Waals surface area contributed by atoms with Gasteiger partial charge in [-0.15, -0.1) is 0 Å². The van der Waals surface area contributed by atoms with Gasteiger partial charge in [-0.05, 0) is 50.7 Å². The molecule has 0 saturated carbocycles. The first-order chi connectivity index (χ1) is 11.1. The van der Waals surface area contributed by atoms with Crippen LogP contribution in [0.1, 0.15) is 49.8 Å². The summed E-state index contributed by atoms with van der Waals surface area (Å²) in [5, 5.41) is 15.8. The lowest BCUT2D eigenvalue weighted by molar-refractivity contribution is 0.100. The third-order valence-electron chi connectivity index (χ3n) is 4.33. The van der Waals surface area contributed by atoms with Crippen LogP contribution in [0.4, 0.5) is 4.79 Å². The van der Waals surface area contributed by atoms with Gasteiger partial charge in [0.15, 0.2) is 0 Å². The largest absolute Gasteiger partial charge is 0.387 e. The molecule has 1 fully saturated rings. The summed E-state index contributed by atoms with van der Waals surface area (Å²) < 4.78 is 5.59. The predicted octanol–water partition coefficient (Wildman–Crippen LogP) is 2.68. The van der Waals surface area contributed by atoms with Gasteiger partial charge in [-0.2, -0.15) is 0 Å². The number of nitrogens with one attached hydrogen (secondary N) is 2. The van der Waals surface area contributed by atoms with Crippen molar-refractivity contribution in [2.45, 2.75) is 57.8 Å². The molecule has 1 aromatic carbocycles. The van der Waals surface area contributed by atoms with E-state index in [1.54, 1.807) is 0 Å². The van der Waals surface area contributed by atoms with Crippen LogP contribution in [-0.4, -0.2) is 36.4 Å². The van der Waals surface area contributed by atoms with Gasteiger partial charge in [-0.1, -0.05) is 24.3 Å². The summed E-state index contributed by atoms with van der Waals surface area (Å²) in [6.45, 7) is 5.01. The summed E-state index contributed by atoms with van der Waals surface area (Å²) >= 11 is 0. The number of hydrogen-bond donors (Lipinski definition) is 3. The summed E-state index contributed by atoms with van der Waals surface area (Å²) in [6, 6.07) is 7.50. The maximum Gasteiger partial charge on any atom is 0.315 e. The van der Waals surface area contributed by atoms with E-state index in [2.05, 4.69) is 10.6 Å². The Morgan fingerprint density at radius 2 is 2.22 bits per heavy atom. The van der Waals surface area contributed by atoms with Crippen molar-refractivity contribution in [1.82, 2.24) is 10.6 Å². The molecule has 3 N–H and O–H groups in total. The SMILES string of the molecule is Cc1ccccc1[C@H](O)CNC(=O)N[C@@H](C)CC[C@@H]1CCCO1. The Bertz CT molecular complexity index is 501. The van der Waals surface area contributed by atoms with Crippen LogP contribution in [0.15, 0.2) is 24.3 Å². The summed E-state index contributed by atoms with van der Waals surface area (Å²) in [5.74, 6) is 0. The highest BCUT2D eigenvalue weighted by Gasteiger charge is 2.17. The van der Waals surface area contributed by atoms with E-state index < -0.39 is 6.10 Å². The lowest BCUT2D eigenvalue weighted by Gasteiger charge is -2.18. The number of ether oxygens (including phenoxy) is 1. The Morgan fingerprint density at radius 3 is 2.91 bits per heavy atom. The van der Waals surface area contributed by atoms with Gasteiger partial charge in [0.1, 0.15) is 0 Å². The maximum atomic E-state index is 11.9. The molecule has 0 aromatic heterocycles. The van der Waals surface area contributed by atoms with Gasteiger partial charge in [0.2, 0.25) is 0 Å². The normalized spacial score (nSPS) is 20.0. The zero-order chi connectivity index (χ0) is 16.7. The van der Waals surface area contributed by atoms with Crippen molar-refractivity contribution in [3.63, 3.8) is 0 Å². The van der Waals surface area contributed by atoms with Crippen LogP contribution in [0.5, 0.6) is 0 Å². The maximum absolute atomic E-state index is 11.9. The summed E-state index contributed by atoms with van der Waals surface area (Å²) in [4.78, 5) is 11.9. The van der Waals surface area contributed by atoms with E-state index in [4.69, 9.17) is 4.74 Å². The molecule has 0 radical (unpaired) electrons. The molecule has 1 aromatic rings. The molecule has 5 nitrogen and oxygen atoms in total. The first-order valence-electron chi connectivity index (χ1n) is 8.46. The molecule has 1 aliphatic heterocycles. The lowest BCUT2D eigenvalue weighted by atomic mass is 10.0. The van der Waals surface area contributed by atoms with Gasteiger partial charge in [0.05, 0.1) is 12.2 Å². The molecule has 1 heterocycles. The Morgan fingerprint density at radius 1 is 1.43 bits per heavy atom. The topological polar surface area (TPSA) is 70.6 Å². The number of rotatable bonds is 7. The molecule has 0 unspecified atom stereocenters. The number of hydrogen-bond acceptors (Lipinski definition) is 3. The Balaban J connectivity index is 1.66. The third-order valence-corrected chi connectivity index (χ3v) is 4.33. The number of carbonyl (C=O) groups is 1. The van der Waals surface area contributed by atoms with E-state index in [1.807, 2.05) is 38.1 Å². The van der Waals surface area contributed by atoms with Gasteiger partial charge in [0.25, 0.3) is 0 Å². The molecule has 128 valence electrons. The minimum absolute atomic E-state index is 0.0924. The number of aryl methyl sites for hydroxylation is 1. The number of benzene rings is 1. The van der Waals surface area contributed by atoms with Crippen LogP contribution in [0, 0.1) is 6.92 Å². The summed E-state index contributed by atoms with van der Waals surface area (Å²) in [6.07, 6.45) is 3.81. The van der Waals surface area contributed by atoms with Crippen LogP contribution in [0.2, 0.25) is 0 Å². The molecule has 23 heavy (non-hydrogen) atoms. The van der Waals surface area contributed by atoms with Crippen molar-refractivity contribution in [3.05, 3.63) is 35.4 Å². The highest BCUT2D eigenvalue weighted by Crippen LogP contribution is 2.18. The molecule has 2 rings (SSSR count). The van der Waals surface area contributed by atoms with E-state index >= 15 is 0 Å². The Labute approximate surface area is 138 Å². The summed E-state index contributed by atoms with van der Waals surface area (Å²) in [7, 11) is 0. The van der Waals surface area contributed by atoms with Crippen LogP contribution in [0.3, 0.4) is 0 Å². The number of aliphatic hydroxyl groups excluding tert-OH is 1. The molecule has 0 aliphatic carbocycles. The number of amides is 2. The van der Waals surface area contributed by atoms with Crippen LogP contribution >= 0.6 is 0 Å². The average molecular weight is 320 g/mol. The van der Waals surface area contributed by atoms with Crippen LogP contribution in [0.25, 0.3) is 0 Å². The quantitative estimate of drug-likeness (QED) is 0.723. The highest BCUT2D eigenvalue weighted by atomic mass is 16.5. The van der Waals surface area contributed by atoms with Crippen molar-refractivity contribution in [1.29, 1.82) is 0 Å². The number of urea groups is 1. The van der Waals surface area contributed by atoms with Gasteiger partial charge < -0.3 is 20.5 Å². The minimum atomic E-state index is -0.691. The van der Waals surface area contributed by atoms with E-state index in [9.17, 15) is 9.90 Å². The molecule has 1 saturated heterocycles. The van der Waals surface area contributed by atoms with Crippen molar-refractivity contribution in [2.24, 2.45) is 0 Å². The number of aliphatic hydroxyl groups is 1. The number of carbonyl (C=O) groups excluding carboxylic acids is 1. The van der Waals surface area contributed by atoms with E-state index in [1.165, 1.54) is 0 Å². The summed E-state index contributed by atoms with van der Waals surface area (Å²) in [5.41, 5.74) is 1.87. The van der Waals surface area contributed by atoms with E-state index in [0.29, 0.717) is 6.10 Å². The molecule has 1 aliphatic rings. The zero-order valence-electron chi connectivity index (χ0n) is 14.0. The molecule has 2 amide bonds.